The van der Waals surface area contributed by atoms with Crippen LogP contribution in [0.15, 0.2) is 47.4 Å². The van der Waals surface area contributed by atoms with Crippen LogP contribution in [0.1, 0.15) is 6.92 Å². The zero-order valence-electron chi connectivity index (χ0n) is 17.0. The first-order chi connectivity index (χ1) is 14.6. The van der Waals surface area contributed by atoms with Crippen LogP contribution in [0.25, 0.3) is 11.2 Å². The van der Waals surface area contributed by atoms with E-state index in [1.54, 1.807) is 24.2 Å². The van der Waals surface area contributed by atoms with Crippen molar-refractivity contribution >= 4 is 28.7 Å². The molecule has 1 saturated heterocycles. The largest absolute Gasteiger partial charge is 0.492 e. The lowest BCUT2D eigenvalue weighted by molar-refractivity contribution is 0.208. The summed E-state index contributed by atoms with van der Waals surface area (Å²) in [6.07, 6.45) is 1.64. The third-order valence-electron chi connectivity index (χ3n) is 5.10. The summed E-state index contributed by atoms with van der Waals surface area (Å²) in [4.78, 5) is 37.9. The van der Waals surface area contributed by atoms with Crippen molar-refractivity contribution in [1.82, 2.24) is 19.4 Å². The van der Waals surface area contributed by atoms with Gasteiger partial charge in [-0.3, -0.25) is 9.36 Å². The zero-order valence-corrected chi connectivity index (χ0v) is 17.0. The van der Waals surface area contributed by atoms with Gasteiger partial charge in [0.1, 0.15) is 11.3 Å². The minimum atomic E-state index is -0.190. The van der Waals surface area contributed by atoms with E-state index >= 15 is 0 Å². The number of hydrogen-bond acceptors (Lipinski definition) is 6. The van der Waals surface area contributed by atoms with Gasteiger partial charge in [0.2, 0.25) is 0 Å². The first-order valence-electron chi connectivity index (χ1n) is 9.93. The third kappa shape index (κ3) is 3.78. The Morgan fingerprint density at radius 2 is 1.90 bits per heavy atom. The van der Waals surface area contributed by atoms with Crippen LogP contribution in [-0.4, -0.2) is 58.3 Å². The second-order valence-corrected chi connectivity index (χ2v) is 6.98. The summed E-state index contributed by atoms with van der Waals surface area (Å²) in [5.41, 5.74) is 1.67. The van der Waals surface area contributed by atoms with Crippen LogP contribution >= 0.6 is 0 Å². The molecule has 2 aromatic heterocycles. The van der Waals surface area contributed by atoms with E-state index in [1.807, 2.05) is 42.2 Å². The molecule has 9 heteroatoms. The number of hydrogen-bond donors (Lipinski definition) is 1. The molecule has 0 atom stereocenters. The third-order valence-corrected chi connectivity index (χ3v) is 5.10. The van der Waals surface area contributed by atoms with Gasteiger partial charge in [-0.05, 0) is 31.2 Å². The maximum Gasteiger partial charge on any atom is 0.322 e. The van der Waals surface area contributed by atoms with Gasteiger partial charge in [0.15, 0.2) is 11.5 Å². The number of carbonyl (C=O) groups excluding carboxylic acids is 1. The van der Waals surface area contributed by atoms with Crippen LogP contribution < -0.4 is 20.5 Å². The standard InChI is InChI=1S/C21H24N6O3/c1-3-30-17-9-5-4-7-15(17)24-21(29)27-13-11-26(12-14-27)19-20(28)25(2)18-16(23-19)8-6-10-22-18/h4-10H,3,11-14H2,1-2H3,(H,24,29). The number of carbonyl (C=O) groups is 1. The lowest BCUT2D eigenvalue weighted by atomic mass is 10.3. The summed E-state index contributed by atoms with van der Waals surface area (Å²) in [6.45, 7) is 4.44. The molecule has 3 heterocycles. The fourth-order valence-electron chi connectivity index (χ4n) is 3.52. The molecule has 0 unspecified atom stereocenters. The molecule has 3 aromatic rings. The number of ether oxygens (including phenoxy) is 1. The number of pyridine rings is 1. The normalized spacial score (nSPS) is 14.1. The molecule has 2 amide bonds. The van der Waals surface area contributed by atoms with Gasteiger partial charge in [0, 0.05) is 39.4 Å². The van der Waals surface area contributed by atoms with Crippen molar-refractivity contribution in [2.24, 2.45) is 7.05 Å². The molecule has 0 aliphatic carbocycles. The summed E-state index contributed by atoms with van der Waals surface area (Å²) in [5, 5.41) is 2.92. The molecule has 1 N–H and O–H groups in total. The Labute approximate surface area is 173 Å². The highest BCUT2D eigenvalue weighted by molar-refractivity contribution is 5.91. The SMILES string of the molecule is CCOc1ccccc1NC(=O)N1CCN(c2nc3cccnc3n(C)c2=O)CC1. The Balaban J connectivity index is 1.46. The molecule has 1 fully saturated rings. The minimum Gasteiger partial charge on any atom is -0.492 e. The Hall–Kier alpha value is -3.62. The van der Waals surface area contributed by atoms with Crippen LogP contribution in [-0.2, 0) is 7.05 Å². The van der Waals surface area contributed by atoms with Crippen LogP contribution in [0.5, 0.6) is 5.75 Å². The van der Waals surface area contributed by atoms with E-state index in [0.29, 0.717) is 61.2 Å². The van der Waals surface area contributed by atoms with Crippen molar-refractivity contribution in [3.63, 3.8) is 0 Å². The number of urea groups is 1. The zero-order chi connectivity index (χ0) is 21.1. The van der Waals surface area contributed by atoms with Gasteiger partial charge < -0.3 is 19.9 Å². The minimum absolute atomic E-state index is 0.189. The van der Waals surface area contributed by atoms with Crippen molar-refractivity contribution in [2.45, 2.75) is 6.92 Å². The van der Waals surface area contributed by atoms with Gasteiger partial charge >= 0.3 is 6.03 Å². The van der Waals surface area contributed by atoms with E-state index < -0.39 is 0 Å². The van der Waals surface area contributed by atoms with Crippen LogP contribution in [0.4, 0.5) is 16.3 Å². The summed E-state index contributed by atoms with van der Waals surface area (Å²) in [5.74, 6) is 1.03. The number of anilines is 2. The monoisotopic (exact) mass is 408 g/mol. The molecular weight excluding hydrogens is 384 g/mol. The van der Waals surface area contributed by atoms with Crippen LogP contribution in [0.3, 0.4) is 0 Å². The number of rotatable bonds is 4. The highest BCUT2D eigenvalue weighted by Gasteiger charge is 2.25. The van der Waals surface area contributed by atoms with Crippen molar-refractivity contribution in [1.29, 1.82) is 0 Å². The molecule has 1 aromatic carbocycles. The topological polar surface area (TPSA) is 92.6 Å². The molecule has 0 saturated carbocycles. The number of piperazine rings is 1. The number of aromatic nitrogens is 3. The fraction of sp³-hybridized carbons (Fsp3) is 0.333. The molecular formula is C21H24N6O3. The fourth-order valence-corrected chi connectivity index (χ4v) is 3.52. The second-order valence-electron chi connectivity index (χ2n) is 6.98. The van der Waals surface area contributed by atoms with Gasteiger partial charge in [-0.15, -0.1) is 0 Å². The summed E-state index contributed by atoms with van der Waals surface area (Å²) < 4.78 is 7.08. The quantitative estimate of drug-likeness (QED) is 0.711. The van der Waals surface area contributed by atoms with Gasteiger partial charge in [-0.1, -0.05) is 12.1 Å². The number of aryl methyl sites for hydroxylation is 1. The van der Waals surface area contributed by atoms with E-state index in [0.717, 1.165) is 0 Å². The Morgan fingerprint density at radius 1 is 1.13 bits per heavy atom. The molecule has 156 valence electrons. The average Bonchev–Trinajstić information content (AvgIpc) is 2.78. The molecule has 1 aliphatic heterocycles. The van der Waals surface area contributed by atoms with Crippen LogP contribution in [0, 0.1) is 0 Å². The maximum atomic E-state index is 12.7. The Morgan fingerprint density at radius 3 is 2.67 bits per heavy atom. The Kier molecular flexibility index (Phi) is 5.51. The summed E-state index contributed by atoms with van der Waals surface area (Å²) in [7, 11) is 1.70. The first kappa shape index (κ1) is 19.7. The summed E-state index contributed by atoms with van der Waals surface area (Å²) >= 11 is 0. The van der Waals surface area contributed by atoms with Gasteiger partial charge in [-0.2, -0.15) is 0 Å². The van der Waals surface area contributed by atoms with Crippen molar-refractivity contribution in [3.05, 3.63) is 52.9 Å². The number of fused-ring (bicyclic) bond motifs is 1. The number of nitrogens with one attached hydrogen (secondary N) is 1. The van der Waals surface area contributed by atoms with Crippen LogP contribution in [0.2, 0.25) is 0 Å². The predicted octanol–water partition coefficient (Wildman–Crippen LogP) is 2.08. The van der Waals surface area contributed by atoms with E-state index in [2.05, 4.69) is 15.3 Å². The number of para-hydroxylation sites is 2. The van der Waals surface area contributed by atoms with Crippen molar-refractivity contribution < 1.29 is 9.53 Å². The maximum absolute atomic E-state index is 12.7. The van der Waals surface area contributed by atoms with Gasteiger partial charge in [-0.25, -0.2) is 14.8 Å². The average molecular weight is 408 g/mol. The molecule has 0 bridgehead atoms. The summed E-state index contributed by atoms with van der Waals surface area (Å²) in [6, 6.07) is 10.8. The van der Waals surface area contributed by atoms with E-state index in [1.165, 1.54) is 4.57 Å². The molecule has 9 nitrogen and oxygen atoms in total. The van der Waals surface area contributed by atoms with E-state index in [4.69, 9.17) is 4.74 Å². The van der Waals surface area contributed by atoms with Gasteiger partial charge in [0.25, 0.3) is 5.56 Å². The number of amides is 2. The smallest absolute Gasteiger partial charge is 0.322 e. The van der Waals surface area contributed by atoms with E-state index in [9.17, 15) is 9.59 Å². The lowest BCUT2D eigenvalue weighted by Crippen LogP contribution is -2.51. The van der Waals surface area contributed by atoms with E-state index in [-0.39, 0.29) is 11.6 Å². The lowest BCUT2D eigenvalue weighted by Gasteiger charge is -2.35. The second kappa shape index (κ2) is 8.40. The predicted molar refractivity (Wildman–Crippen MR) is 115 cm³/mol. The Bertz CT molecular complexity index is 1120. The molecule has 1 aliphatic rings. The van der Waals surface area contributed by atoms with Crippen molar-refractivity contribution in [3.8, 4) is 5.75 Å². The number of benzene rings is 1. The van der Waals surface area contributed by atoms with Crippen molar-refractivity contribution in [2.75, 3.05) is 43.0 Å². The molecule has 4 rings (SSSR count). The van der Waals surface area contributed by atoms with Gasteiger partial charge in [0.05, 0.1) is 12.3 Å². The number of nitrogens with zero attached hydrogens (tertiary/aromatic N) is 5. The molecule has 0 spiro atoms. The highest BCUT2D eigenvalue weighted by atomic mass is 16.5. The molecule has 0 radical (unpaired) electrons. The highest BCUT2D eigenvalue weighted by Crippen LogP contribution is 2.24. The first-order valence-corrected chi connectivity index (χ1v) is 9.93. The molecule has 30 heavy (non-hydrogen) atoms.